The van der Waals surface area contributed by atoms with Crippen LogP contribution in [0.1, 0.15) is 0 Å². The Bertz CT molecular complexity index is 228. The van der Waals surface area contributed by atoms with Crippen molar-refractivity contribution in [2.45, 2.75) is 24.1 Å². The Hall–Kier alpha value is -0.740. The molecule has 0 aromatic heterocycles. The number of halogens is 10. The molecule has 11 heteroatoms. The van der Waals surface area contributed by atoms with Crippen LogP contribution in [0.25, 0.3) is 0 Å². The van der Waals surface area contributed by atoms with Gasteiger partial charge in [0.2, 0.25) is 0 Å². The molecule has 0 aliphatic rings. The van der Waals surface area contributed by atoms with Gasteiger partial charge in [0.1, 0.15) is 0 Å². The Labute approximate surface area is 74.5 Å². The van der Waals surface area contributed by atoms with Gasteiger partial charge in [-0.2, -0.15) is 39.5 Å². The van der Waals surface area contributed by atoms with Crippen molar-refractivity contribution < 1.29 is 49.0 Å². The molecule has 0 unspecified atom stereocenters. The first-order chi connectivity index (χ1) is 6.31. The zero-order chi connectivity index (χ0) is 12.7. The first-order valence-corrected chi connectivity index (χ1v) is 2.81. The van der Waals surface area contributed by atoms with Crippen molar-refractivity contribution in [2.75, 3.05) is 0 Å². The van der Waals surface area contributed by atoms with Gasteiger partial charge in [-0.15, -0.1) is 4.94 Å². The highest BCUT2D eigenvalue weighted by Gasteiger charge is 2.83. The van der Waals surface area contributed by atoms with Gasteiger partial charge >= 0.3 is 24.1 Å². The number of rotatable bonds is 3. The lowest BCUT2D eigenvalue weighted by atomic mass is 10.1. The van der Waals surface area contributed by atoms with Crippen LogP contribution in [-0.2, 0) is 4.94 Å². The molecule has 0 aromatic carbocycles. The maximum Gasteiger partial charge on any atom is 0.460 e. The molecule has 0 aromatic rings. The van der Waals surface area contributed by atoms with E-state index in [0.29, 0.717) is 0 Å². The number of alkyl halides is 9. The zero-order valence-electron chi connectivity index (χ0n) is 6.19. The van der Waals surface area contributed by atoms with E-state index in [1.54, 1.807) is 0 Å². The van der Waals surface area contributed by atoms with Crippen molar-refractivity contribution in [2.24, 2.45) is 0 Å². The van der Waals surface area contributed by atoms with Crippen molar-refractivity contribution in [3.05, 3.63) is 0 Å². The Kier molecular flexibility index (Phi) is 3.22. The summed E-state index contributed by atoms with van der Waals surface area (Å²) in [6, 6.07) is 0. The fourth-order valence-corrected chi connectivity index (χ4v) is 0.409. The highest BCUT2D eigenvalue weighted by Crippen LogP contribution is 2.53. The predicted molar refractivity (Wildman–Crippen MR) is 23.1 cm³/mol. The first-order valence-electron chi connectivity index (χ1n) is 2.81. The molecule has 0 fully saturated rings. The molecule has 1 nitrogen and oxygen atoms in total. The second-order valence-electron chi connectivity index (χ2n) is 2.24. The predicted octanol–water partition coefficient (Wildman–Crippen LogP) is 3.31. The van der Waals surface area contributed by atoms with Gasteiger partial charge < -0.3 is 0 Å². The molecule has 0 aliphatic heterocycles. The maximum atomic E-state index is 11.9. The number of hydrogen-bond donors (Lipinski definition) is 0. The molecule has 0 heterocycles. The summed E-state index contributed by atoms with van der Waals surface area (Å²) in [7, 11) is 0. The summed E-state index contributed by atoms with van der Waals surface area (Å²) < 4.78 is 115. The smallest absolute Gasteiger partial charge is 0.189 e. The van der Waals surface area contributed by atoms with E-state index in [0.717, 1.165) is 4.94 Å². The SMILES string of the molecule is FOC(F)(F)C(F)(F)C(F)(F)C(F)(F)F. The van der Waals surface area contributed by atoms with Crippen molar-refractivity contribution >= 4 is 0 Å². The molecule has 15 heavy (non-hydrogen) atoms. The number of hydrogen-bond acceptors (Lipinski definition) is 1. The zero-order valence-corrected chi connectivity index (χ0v) is 6.19. The van der Waals surface area contributed by atoms with E-state index in [9.17, 15) is 44.0 Å². The largest absolute Gasteiger partial charge is 0.460 e. The van der Waals surface area contributed by atoms with Crippen LogP contribution >= 0.6 is 0 Å². The minimum atomic E-state index is -7.13. The van der Waals surface area contributed by atoms with E-state index in [-0.39, 0.29) is 0 Å². The second kappa shape index (κ2) is 3.39. The standard InChI is InChI=1S/C4F10O/c5-1(6,3(9,10)11)2(7,8)4(12,13)15-14. The van der Waals surface area contributed by atoms with E-state index >= 15 is 0 Å². The normalized spacial score (nSPS) is 15.6. The molecular weight excluding hydrogens is 254 g/mol. The van der Waals surface area contributed by atoms with E-state index in [4.69, 9.17) is 0 Å². The highest BCUT2D eigenvalue weighted by atomic mass is 19.4. The third-order valence-electron chi connectivity index (χ3n) is 1.21. The molecule has 0 bridgehead atoms. The Morgan fingerprint density at radius 1 is 0.600 bits per heavy atom. The molecule has 0 N–H and O–H groups in total. The molecule has 92 valence electrons. The monoisotopic (exact) mass is 254 g/mol. The summed E-state index contributed by atoms with van der Waals surface area (Å²) in [5.74, 6) is -14.2. The van der Waals surface area contributed by atoms with E-state index in [1.807, 2.05) is 0 Å². The van der Waals surface area contributed by atoms with Crippen LogP contribution in [0.5, 0.6) is 0 Å². The third-order valence-corrected chi connectivity index (χ3v) is 1.21. The summed E-state index contributed by atoms with van der Waals surface area (Å²) in [6.07, 6.45) is -13.6. The molecule has 0 saturated carbocycles. The fourth-order valence-electron chi connectivity index (χ4n) is 0.409. The minimum Gasteiger partial charge on any atom is -0.189 e. The highest BCUT2D eigenvalue weighted by molar-refractivity contribution is 4.96. The van der Waals surface area contributed by atoms with Crippen molar-refractivity contribution in [3.8, 4) is 0 Å². The van der Waals surface area contributed by atoms with Gasteiger partial charge in [0, 0.05) is 0 Å². The topological polar surface area (TPSA) is 9.23 Å². The van der Waals surface area contributed by atoms with Gasteiger partial charge in [0.15, 0.2) is 0 Å². The summed E-state index contributed by atoms with van der Waals surface area (Å²) in [5.41, 5.74) is 0. The van der Waals surface area contributed by atoms with E-state index < -0.39 is 24.1 Å². The average molecular weight is 254 g/mol. The first kappa shape index (κ1) is 14.3. The van der Waals surface area contributed by atoms with Gasteiger partial charge in [0.25, 0.3) is 0 Å². The average Bonchev–Trinajstić information content (AvgIpc) is 2.01. The molecule has 0 spiro atoms. The molecule has 0 atom stereocenters. The van der Waals surface area contributed by atoms with Gasteiger partial charge in [-0.3, -0.25) is 0 Å². The summed E-state index contributed by atoms with van der Waals surface area (Å²) in [4.78, 5) is 1.12. The third kappa shape index (κ3) is 1.96. The van der Waals surface area contributed by atoms with Crippen molar-refractivity contribution in [1.82, 2.24) is 0 Å². The Morgan fingerprint density at radius 2 is 0.933 bits per heavy atom. The molecule has 0 amide bonds. The summed E-state index contributed by atoms with van der Waals surface area (Å²) in [6.45, 7) is 0. The van der Waals surface area contributed by atoms with Crippen LogP contribution in [0.3, 0.4) is 0 Å². The molecule has 0 saturated heterocycles. The quantitative estimate of drug-likeness (QED) is 0.702. The maximum absolute atomic E-state index is 11.9. The fraction of sp³-hybridized carbons (Fsp3) is 1.00. The molecular formula is C4F10O. The Morgan fingerprint density at radius 3 is 1.13 bits per heavy atom. The molecule has 0 rings (SSSR count). The minimum absolute atomic E-state index is 1.12. The second-order valence-corrected chi connectivity index (χ2v) is 2.24. The van der Waals surface area contributed by atoms with Crippen molar-refractivity contribution in [1.29, 1.82) is 0 Å². The van der Waals surface area contributed by atoms with Gasteiger partial charge in [-0.25, -0.2) is 0 Å². The van der Waals surface area contributed by atoms with Crippen LogP contribution in [0.2, 0.25) is 0 Å². The Balaban J connectivity index is 5.38. The van der Waals surface area contributed by atoms with Crippen molar-refractivity contribution in [3.63, 3.8) is 0 Å². The summed E-state index contributed by atoms with van der Waals surface area (Å²) in [5, 5.41) is 0. The van der Waals surface area contributed by atoms with Crippen LogP contribution in [0, 0.1) is 0 Å². The summed E-state index contributed by atoms with van der Waals surface area (Å²) >= 11 is 0. The lowest BCUT2D eigenvalue weighted by Crippen LogP contribution is -2.61. The van der Waals surface area contributed by atoms with Gasteiger partial charge in [-0.1, -0.05) is 0 Å². The van der Waals surface area contributed by atoms with Crippen LogP contribution in [-0.4, -0.2) is 24.1 Å². The van der Waals surface area contributed by atoms with Gasteiger partial charge in [-0.05, 0) is 4.53 Å². The lowest BCUT2D eigenvalue weighted by Gasteiger charge is -2.30. The van der Waals surface area contributed by atoms with Crippen LogP contribution in [0.4, 0.5) is 44.0 Å². The van der Waals surface area contributed by atoms with E-state index in [1.165, 1.54) is 0 Å². The lowest BCUT2D eigenvalue weighted by molar-refractivity contribution is -0.481. The van der Waals surface area contributed by atoms with Crippen LogP contribution < -0.4 is 0 Å². The van der Waals surface area contributed by atoms with Crippen LogP contribution in [0.15, 0.2) is 0 Å². The van der Waals surface area contributed by atoms with E-state index in [2.05, 4.69) is 0 Å². The molecule has 0 aliphatic carbocycles. The van der Waals surface area contributed by atoms with Gasteiger partial charge in [0.05, 0.1) is 0 Å². The molecule has 0 radical (unpaired) electrons.